The number of alkyl halides is 3. The largest absolute Gasteiger partial charge is 0.298 e. The molecule has 1 atom stereocenters. The summed E-state index contributed by atoms with van der Waals surface area (Å²) < 4.78 is 25.1. The Bertz CT molecular complexity index is 215. The average molecular weight is 226 g/mol. The van der Waals surface area contributed by atoms with Crippen LogP contribution in [0, 0.1) is 0 Å². The van der Waals surface area contributed by atoms with Crippen LogP contribution in [0.25, 0.3) is 0 Å². The average Bonchev–Trinajstić information content (AvgIpc) is 2.09. The maximum Gasteiger partial charge on any atom is 0.272 e. The van der Waals surface area contributed by atoms with Gasteiger partial charge in [-0.2, -0.15) is 0 Å². The number of carbonyl (C=O) groups excluding carboxylic acids is 1. The number of hydrogen-bond acceptors (Lipinski definition) is 2. The van der Waals surface area contributed by atoms with Gasteiger partial charge in [-0.15, -0.1) is 11.6 Å². The Hall–Kier alpha value is -0.220. The van der Waals surface area contributed by atoms with Crippen molar-refractivity contribution in [3.63, 3.8) is 0 Å². The van der Waals surface area contributed by atoms with Crippen molar-refractivity contribution in [2.45, 2.75) is 31.7 Å². The van der Waals surface area contributed by atoms with Crippen LogP contribution in [0.15, 0.2) is 0 Å². The molecule has 0 bridgehead atoms. The van der Waals surface area contributed by atoms with E-state index in [1.807, 2.05) is 6.92 Å². The summed E-state index contributed by atoms with van der Waals surface area (Å²) in [6, 6.07) is -0.0686. The lowest BCUT2D eigenvalue weighted by Gasteiger charge is -2.43. The molecule has 0 aromatic heterocycles. The standard InChI is InChI=1S/C9H14ClF2NO/c1-2-7(3-8(14)4-10)13-5-9(11,12)6-13/h7H,2-6H2,1H3. The van der Waals surface area contributed by atoms with Crippen molar-refractivity contribution in [3.05, 3.63) is 0 Å². The number of hydrogen-bond donors (Lipinski definition) is 0. The van der Waals surface area contributed by atoms with Crippen molar-refractivity contribution < 1.29 is 13.6 Å². The van der Waals surface area contributed by atoms with E-state index < -0.39 is 5.92 Å². The van der Waals surface area contributed by atoms with Gasteiger partial charge in [-0.05, 0) is 6.42 Å². The van der Waals surface area contributed by atoms with Gasteiger partial charge in [-0.25, -0.2) is 8.78 Å². The van der Waals surface area contributed by atoms with Gasteiger partial charge in [0.15, 0.2) is 0 Å². The van der Waals surface area contributed by atoms with Crippen LogP contribution in [0.1, 0.15) is 19.8 Å². The zero-order valence-electron chi connectivity index (χ0n) is 8.10. The fraction of sp³-hybridized carbons (Fsp3) is 0.889. The van der Waals surface area contributed by atoms with E-state index in [9.17, 15) is 13.6 Å². The molecule has 1 saturated heterocycles. The van der Waals surface area contributed by atoms with E-state index in [0.29, 0.717) is 6.42 Å². The maximum atomic E-state index is 12.6. The summed E-state index contributed by atoms with van der Waals surface area (Å²) in [5, 5.41) is 0. The summed E-state index contributed by atoms with van der Waals surface area (Å²) in [7, 11) is 0. The first-order valence-electron chi connectivity index (χ1n) is 4.68. The lowest BCUT2D eigenvalue weighted by Crippen LogP contribution is -2.60. The molecule has 2 nitrogen and oxygen atoms in total. The number of nitrogens with zero attached hydrogens (tertiary/aromatic N) is 1. The Morgan fingerprint density at radius 1 is 1.57 bits per heavy atom. The van der Waals surface area contributed by atoms with E-state index >= 15 is 0 Å². The van der Waals surface area contributed by atoms with Gasteiger partial charge >= 0.3 is 0 Å². The number of ketones is 1. The zero-order chi connectivity index (χ0) is 10.8. The number of halogens is 3. The van der Waals surface area contributed by atoms with Gasteiger partial charge in [0.1, 0.15) is 5.78 Å². The van der Waals surface area contributed by atoms with Crippen molar-refractivity contribution >= 4 is 17.4 Å². The molecule has 0 radical (unpaired) electrons. The van der Waals surface area contributed by atoms with Gasteiger partial charge < -0.3 is 0 Å². The highest BCUT2D eigenvalue weighted by Crippen LogP contribution is 2.30. The molecule has 5 heteroatoms. The van der Waals surface area contributed by atoms with E-state index in [2.05, 4.69) is 0 Å². The minimum absolute atomic E-state index is 0.0271. The number of likely N-dealkylation sites (tertiary alicyclic amines) is 1. The van der Waals surface area contributed by atoms with Gasteiger partial charge in [0.05, 0.1) is 19.0 Å². The van der Waals surface area contributed by atoms with Crippen LogP contribution in [-0.2, 0) is 4.79 Å². The lowest BCUT2D eigenvalue weighted by molar-refractivity contribution is -0.150. The first-order chi connectivity index (χ1) is 6.48. The fourth-order valence-corrected chi connectivity index (χ4v) is 1.76. The fourth-order valence-electron chi connectivity index (χ4n) is 1.66. The van der Waals surface area contributed by atoms with Crippen molar-refractivity contribution in [1.82, 2.24) is 4.90 Å². The monoisotopic (exact) mass is 225 g/mol. The molecule has 0 spiro atoms. The molecule has 82 valence electrons. The third-order valence-corrected chi connectivity index (χ3v) is 2.77. The number of carbonyl (C=O) groups is 1. The third-order valence-electron chi connectivity index (χ3n) is 2.47. The molecule has 1 aliphatic rings. The second-order valence-corrected chi connectivity index (χ2v) is 3.97. The van der Waals surface area contributed by atoms with Crippen molar-refractivity contribution in [1.29, 1.82) is 0 Å². The molecule has 0 aromatic rings. The molecule has 0 N–H and O–H groups in total. The molecule has 1 heterocycles. The second-order valence-electron chi connectivity index (χ2n) is 3.70. The van der Waals surface area contributed by atoms with Crippen LogP contribution in [-0.4, -0.2) is 41.6 Å². The van der Waals surface area contributed by atoms with E-state index in [1.165, 1.54) is 0 Å². The molecule has 1 rings (SSSR count). The summed E-state index contributed by atoms with van der Waals surface area (Å²) in [5.74, 6) is -2.66. The van der Waals surface area contributed by atoms with Crippen molar-refractivity contribution in [3.8, 4) is 0 Å². The predicted octanol–water partition coefficient (Wildman–Crippen LogP) is 1.91. The van der Waals surface area contributed by atoms with E-state index in [0.717, 1.165) is 0 Å². The van der Waals surface area contributed by atoms with E-state index in [1.54, 1.807) is 4.90 Å². The smallest absolute Gasteiger partial charge is 0.272 e. The Morgan fingerprint density at radius 2 is 2.14 bits per heavy atom. The topological polar surface area (TPSA) is 20.3 Å². The van der Waals surface area contributed by atoms with Crippen LogP contribution < -0.4 is 0 Å². The Kier molecular flexibility index (Phi) is 3.84. The molecule has 0 amide bonds. The summed E-state index contributed by atoms with van der Waals surface area (Å²) >= 11 is 5.36. The molecular formula is C9H14ClF2NO. The van der Waals surface area contributed by atoms with Gasteiger partial charge in [0, 0.05) is 12.5 Å². The molecule has 0 aliphatic carbocycles. The second kappa shape index (κ2) is 4.53. The molecular weight excluding hydrogens is 212 g/mol. The van der Waals surface area contributed by atoms with Crippen LogP contribution in [0.3, 0.4) is 0 Å². The SMILES string of the molecule is CCC(CC(=O)CCl)N1CC(F)(F)C1. The highest BCUT2D eigenvalue weighted by atomic mass is 35.5. The minimum atomic E-state index is -2.56. The molecule has 1 unspecified atom stereocenters. The highest BCUT2D eigenvalue weighted by Gasteiger charge is 2.46. The van der Waals surface area contributed by atoms with Crippen LogP contribution in [0.2, 0.25) is 0 Å². The Labute approximate surface area is 87.2 Å². The summed E-state index contributed by atoms with van der Waals surface area (Å²) in [4.78, 5) is 12.7. The zero-order valence-corrected chi connectivity index (χ0v) is 8.86. The molecule has 0 saturated carbocycles. The Balaban J connectivity index is 2.37. The predicted molar refractivity (Wildman–Crippen MR) is 50.9 cm³/mol. The van der Waals surface area contributed by atoms with Gasteiger partial charge in [-0.1, -0.05) is 6.92 Å². The molecule has 0 aromatic carbocycles. The van der Waals surface area contributed by atoms with Gasteiger partial charge in [0.2, 0.25) is 0 Å². The maximum absolute atomic E-state index is 12.6. The van der Waals surface area contributed by atoms with Crippen molar-refractivity contribution in [2.75, 3.05) is 19.0 Å². The molecule has 1 aliphatic heterocycles. The quantitative estimate of drug-likeness (QED) is 0.667. The minimum Gasteiger partial charge on any atom is -0.298 e. The first-order valence-corrected chi connectivity index (χ1v) is 5.21. The lowest BCUT2D eigenvalue weighted by atomic mass is 10.0. The number of Topliss-reactive ketones (excluding diaryl/α,β-unsaturated/α-hetero) is 1. The van der Waals surface area contributed by atoms with Crippen LogP contribution in [0.4, 0.5) is 8.78 Å². The van der Waals surface area contributed by atoms with Gasteiger partial charge in [-0.3, -0.25) is 9.69 Å². The Morgan fingerprint density at radius 3 is 2.50 bits per heavy atom. The molecule has 14 heavy (non-hydrogen) atoms. The summed E-state index contributed by atoms with van der Waals surface area (Å²) in [6.07, 6.45) is 0.995. The molecule has 1 fully saturated rings. The van der Waals surface area contributed by atoms with Crippen LogP contribution in [0.5, 0.6) is 0 Å². The summed E-state index contributed by atoms with van der Waals surface area (Å²) in [6.45, 7) is 1.45. The highest BCUT2D eigenvalue weighted by molar-refractivity contribution is 6.27. The van der Waals surface area contributed by atoms with E-state index in [4.69, 9.17) is 11.6 Å². The summed E-state index contributed by atoms with van der Waals surface area (Å²) in [5.41, 5.74) is 0. The van der Waals surface area contributed by atoms with E-state index in [-0.39, 0.29) is 37.2 Å². The van der Waals surface area contributed by atoms with Gasteiger partial charge in [0.25, 0.3) is 5.92 Å². The van der Waals surface area contributed by atoms with Crippen molar-refractivity contribution in [2.24, 2.45) is 0 Å². The van der Waals surface area contributed by atoms with Crippen LogP contribution >= 0.6 is 11.6 Å². The first kappa shape index (κ1) is 11.9. The number of rotatable bonds is 5. The normalized spacial score (nSPS) is 22.9. The third kappa shape index (κ3) is 2.89.